The van der Waals surface area contributed by atoms with Crippen LogP contribution in [0.5, 0.6) is 0 Å². The van der Waals surface area contributed by atoms with Crippen LogP contribution < -0.4 is 5.73 Å². The van der Waals surface area contributed by atoms with Crippen molar-refractivity contribution in [3.8, 4) is 11.3 Å². The molecule has 0 saturated carbocycles. The zero-order valence-corrected chi connectivity index (χ0v) is 11.3. The Kier molecular flexibility index (Phi) is 3.24. The van der Waals surface area contributed by atoms with Gasteiger partial charge in [-0.1, -0.05) is 29.8 Å². The maximum atomic E-state index is 13.5. The molecular weight excluding hydrogens is 253 g/mol. The van der Waals surface area contributed by atoms with Crippen LogP contribution >= 0.6 is 0 Å². The van der Waals surface area contributed by atoms with Gasteiger partial charge in [0.25, 0.3) is 0 Å². The largest absolute Gasteiger partial charge is 0.330 e. The molecule has 3 rings (SSSR count). The first kappa shape index (κ1) is 12.8. The van der Waals surface area contributed by atoms with Crippen molar-refractivity contribution in [2.75, 3.05) is 6.54 Å². The number of pyridine rings is 1. The van der Waals surface area contributed by atoms with E-state index in [0.29, 0.717) is 13.0 Å². The lowest BCUT2D eigenvalue weighted by atomic mass is 10.1. The monoisotopic (exact) mass is 269 g/mol. The summed E-state index contributed by atoms with van der Waals surface area (Å²) < 4.78 is 15.3. The zero-order chi connectivity index (χ0) is 14.1. The van der Waals surface area contributed by atoms with Crippen LogP contribution in [-0.4, -0.2) is 15.9 Å². The fourth-order valence-electron chi connectivity index (χ4n) is 2.40. The average Bonchev–Trinajstić information content (AvgIpc) is 2.78. The Morgan fingerprint density at radius 3 is 2.60 bits per heavy atom. The number of aryl methyl sites for hydroxylation is 1. The fraction of sp³-hybridized carbons (Fsp3) is 0.188. The van der Waals surface area contributed by atoms with Gasteiger partial charge < -0.3 is 5.73 Å². The first-order valence-corrected chi connectivity index (χ1v) is 6.62. The third-order valence-electron chi connectivity index (χ3n) is 3.36. The van der Waals surface area contributed by atoms with E-state index in [4.69, 9.17) is 5.73 Å². The van der Waals surface area contributed by atoms with Gasteiger partial charge >= 0.3 is 0 Å². The van der Waals surface area contributed by atoms with Crippen LogP contribution in [0.4, 0.5) is 4.39 Å². The van der Waals surface area contributed by atoms with Gasteiger partial charge in [0.05, 0.1) is 11.4 Å². The summed E-state index contributed by atoms with van der Waals surface area (Å²) in [4.78, 5) is 4.56. The van der Waals surface area contributed by atoms with E-state index in [2.05, 4.69) is 4.98 Å². The van der Waals surface area contributed by atoms with Crippen molar-refractivity contribution in [1.82, 2.24) is 9.38 Å². The maximum absolute atomic E-state index is 13.5. The van der Waals surface area contributed by atoms with Gasteiger partial charge in [0.1, 0.15) is 11.5 Å². The normalized spacial score (nSPS) is 11.2. The number of nitrogens with zero attached hydrogens (tertiary/aromatic N) is 2. The molecule has 3 nitrogen and oxygen atoms in total. The summed E-state index contributed by atoms with van der Waals surface area (Å²) in [6.45, 7) is 2.56. The number of rotatable bonds is 3. The smallest absolute Gasteiger partial charge is 0.139 e. The predicted molar refractivity (Wildman–Crippen MR) is 78.1 cm³/mol. The van der Waals surface area contributed by atoms with Crippen molar-refractivity contribution in [3.63, 3.8) is 0 Å². The number of fused-ring (bicyclic) bond motifs is 1. The van der Waals surface area contributed by atoms with E-state index in [-0.39, 0.29) is 5.82 Å². The molecule has 0 saturated heterocycles. The van der Waals surface area contributed by atoms with Crippen LogP contribution in [0.25, 0.3) is 16.9 Å². The van der Waals surface area contributed by atoms with Crippen LogP contribution in [0.1, 0.15) is 11.3 Å². The zero-order valence-electron chi connectivity index (χ0n) is 11.3. The first-order valence-electron chi connectivity index (χ1n) is 6.62. The Balaban J connectivity index is 2.27. The van der Waals surface area contributed by atoms with Crippen LogP contribution in [0.3, 0.4) is 0 Å². The molecule has 0 atom stereocenters. The van der Waals surface area contributed by atoms with Crippen molar-refractivity contribution in [3.05, 3.63) is 59.7 Å². The summed E-state index contributed by atoms with van der Waals surface area (Å²) in [5, 5.41) is 0. The molecule has 0 bridgehead atoms. The lowest BCUT2D eigenvalue weighted by Gasteiger charge is -2.05. The molecule has 0 spiro atoms. The molecule has 2 heterocycles. The second-order valence-corrected chi connectivity index (χ2v) is 4.89. The highest BCUT2D eigenvalue weighted by atomic mass is 19.1. The highest BCUT2D eigenvalue weighted by Gasteiger charge is 2.13. The summed E-state index contributed by atoms with van der Waals surface area (Å²) >= 11 is 0. The Bertz CT molecular complexity index is 744. The Morgan fingerprint density at radius 1 is 1.15 bits per heavy atom. The van der Waals surface area contributed by atoms with Gasteiger partial charge in [-0.05, 0) is 25.6 Å². The molecule has 0 aliphatic carbocycles. The van der Waals surface area contributed by atoms with Gasteiger partial charge in [0.15, 0.2) is 0 Å². The number of aromatic nitrogens is 2. The lowest BCUT2D eigenvalue weighted by Crippen LogP contribution is -2.04. The van der Waals surface area contributed by atoms with E-state index in [1.54, 1.807) is 10.5 Å². The fourth-order valence-corrected chi connectivity index (χ4v) is 2.40. The summed E-state index contributed by atoms with van der Waals surface area (Å²) in [5.74, 6) is -0.275. The average molecular weight is 269 g/mol. The molecule has 0 aliphatic heterocycles. The van der Waals surface area contributed by atoms with Gasteiger partial charge in [-0.25, -0.2) is 9.37 Å². The molecule has 0 fully saturated rings. The van der Waals surface area contributed by atoms with E-state index in [1.807, 2.05) is 31.2 Å². The number of halogens is 1. The molecule has 0 aliphatic rings. The van der Waals surface area contributed by atoms with Crippen LogP contribution in [0.2, 0.25) is 0 Å². The maximum Gasteiger partial charge on any atom is 0.139 e. The SMILES string of the molecule is Cc1ccc(-c2c(CCN)nc3ccc(F)cn23)cc1. The number of imidazole rings is 1. The number of hydrogen-bond donors (Lipinski definition) is 1. The molecule has 3 aromatic rings. The second kappa shape index (κ2) is 5.06. The summed E-state index contributed by atoms with van der Waals surface area (Å²) in [6, 6.07) is 11.3. The van der Waals surface area contributed by atoms with Crippen molar-refractivity contribution in [2.45, 2.75) is 13.3 Å². The van der Waals surface area contributed by atoms with E-state index in [0.717, 1.165) is 22.6 Å². The topological polar surface area (TPSA) is 43.3 Å². The summed E-state index contributed by atoms with van der Waals surface area (Å²) in [5.41, 5.74) is 10.4. The van der Waals surface area contributed by atoms with E-state index in [1.165, 1.54) is 17.8 Å². The minimum absolute atomic E-state index is 0.275. The van der Waals surface area contributed by atoms with Gasteiger partial charge in [-0.3, -0.25) is 4.40 Å². The molecule has 0 unspecified atom stereocenters. The first-order chi connectivity index (χ1) is 9.69. The van der Waals surface area contributed by atoms with Crippen LogP contribution in [0.15, 0.2) is 42.6 Å². The molecule has 0 radical (unpaired) electrons. The minimum Gasteiger partial charge on any atom is -0.330 e. The van der Waals surface area contributed by atoms with Gasteiger partial charge in [-0.15, -0.1) is 0 Å². The van der Waals surface area contributed by atoms with Gasteiger partial charge in [0, 0.05) is 18.2 Å². The van der Waals surface area contributed by atoms with E-state index in [9.17, 15) is 4.39 Å². The third-order valence-corrected chi connectivity index (χ3v) is 3.36. The predicted octanol–water partition coefficient (Wildman–Crippen LogP) is 2.95. The summed E-state index contributed by atoms with van der Waals surface area (Å²) in [7, 11) is 0. The highest BCUT2D eigenvalue weighted by molar-refractivity contribution is 5.67. The molecular formula is C16H16FN3. The second-order valence-electron chi connectivity index (χ2n) is 4.89. The van der Waals surface area contributed by atoms with Gasteiger partial charge in [-0.2, -0.15) is 0 Å². The van der Waals surface area contributed by atoms with Gasteiger partial charge in [0.2, 0.25) is 0 Å². The molecule has 20 heavy (non-hydrogen) atoms. The molecule has 2 N–H and O–H groups in total. The Hall–Kier alpha value is -2.20. The minimum atomic E-state index is -0.275. The Morgan fingerprint density at radius 2 is 1.90 bits per heavy atom. The summed E-state index contributed by atoms with van der Waals surface area (Å²) in [6.07, 6.45) is 2.14. The standard InChI is InChI=1S/C16H16FN3/c1-11-2-4-12(5-3-11)16-14(8-9-18)19-15-7-6-13(17)10-20(15)16/h2-7,10H,8-9,18H2,1H3. The van der Waals surface area contributed by atoms with Crippen molar-refractivity contribution >= 4 is 5.65 Å². The molecule has 0 amide bonds. The number of benzene rings is 1. The van der Waals surface area contributed by atoms with Crippen molar-refractivity contribution in [1.29, 1.82) is 0 Å². The van der Waals surface area contributed by atoms with Crippen molar-refractivity contribution in [2.24, 2.45) is 5.73 Å². The molecule has 102 valence electrons. The molecule has 4 heteroatoms. The number of nitrogens with two attached hydrogens (primary N) is 1. The molecule has 1 aromatic carbocycles. The van der Waals surface area contributed by atoms with Crippen molar-refractivity contribution < 1.29 is 4.39 Å². The number of hydrogen-bond acceptors (Lipinski definition) is 2. The Labute approximate surface area is 116 Å². The highest BCUT2D eigenvalue weighted by Crippen LogP contribution is 2.26. The lowest BCUT2D eigenvalue weighted by molar-refractivity contribution is 0.619. The third kappa shape index (κ3) is 2.18. The van der Waals surface area contributed by atoms with E-state index < -0.39 is 0 Å². The quantitative estimate of drug-likeness (QED) is 0.794. The van der Waals surface area contributed by atoms with Crippen LogP contribution in [0, 0.1) is 12.7 Å². The van der Waals surface area contributed by atoms with E-state index >= 15 is 0 Å². The van der Waals surface area contributed by atoms with Crippen LogP contribution in [-0.2, 0) is 6.42 Å². The molecule has 2 aromatic heterocycles.